The first-order chi connectivity index (χ1) is 4.61. The molecule has 0 aliphatic heterocycles. The third kappa shape index (κ3) is 2.24. The number of nitrogens with zero attached hydrogens (tertiary/aromatic N) is 1. The van der Waals surface area contributed by atoms with Gasteiger partial charge in [0.05, 0.1) is 0 Å². The van der Waals surface area contributed by atoms with Gasteiger partial charge in [-0.15, -0.1) is 12.4 Å². The maximum Gasteiger partial charge on any atom is 0.131 e. The summed E-state index contributed by atoms with van der Waals surface area (Å²) in [6.07, 6.45) is 0. The Balaban J connectivity index is 0.000001000. The van der Waals surface area contributed by atoms with Gasteiger partial charge in [0, 0.05) is 0 Å². The summed E-state index contributed by atoms with van der Waals surface area (Å²) in [7, 11) is 0. The molecule has 0 atom stereocenters. The minimum Gasteiger partial charge on any atom is -0.383 e. The van der Waals surface area contributed by atoms with Crippen LogP contribution in [0.3, 0.4) is 0 Å². The van der Waals surface area contributed by atoms with Crippen LogP contribution in [0.4, 0.5) is 5.82 Å². The SMILES string of the molecule is Cc1cc(Cl)nc(N)c1C.Cl. The molecule has 4 heteroatoms. The second-order valence-electron chi connectivity index (χ2n) is 2.27. The molecule has 1 aromatic rings. The monoisotopic (exact) mass is 192 g/mol. The van der Waals surface area contributed by atoms with Gasteiger partial charge in [0.1, 0.15) is 11.0 Å². The van der Waals surface area contributed by atoms with Gasteiger partial charge >= 0.3 is 0 Å². The van der Waals surface area contributed by atoms with Gasteiger partial charge in [-0.2, -0.15) is 0 Å². The Kier molecular flexibility index (Phi) is 3.63. The van der Waals surface area contributed by atoms with E-state index < -0.39 is 0 Å². The fourth-order valence-corrected chi connectivity index (χ4v) is 0.975. The fraction of sp³-hybridized carbons (Fsp3) is 0.286. The molecule has 0 unspecified atom stereocenters. The fourth-order valence-electron chi connectivity index (χ4n) is 0.720. The van der Waals surface area contributed by atoms with E-state index in [-0.39, 0.29) is 12.4 Å². The van der Waals surface area contributed by atoms with Crippen LogP contribution in [0.5, 0.6) is 0 Å². The van der Waals surface area contributed by atoms with Crippen molar-refractivity contribution < 1.29 is 0 Å². The van der Waals surface area contributed by atoms with Crippen LogP contribution in [0, 0.1) is 13.8 Å². The van der Waals surface area contributed by atoms with Gasteiger partial charge in [-0.1, -0.05) is 11.6 Å². The Bertz CT molecular complexity index is 238. The molecule has 0 radical (unpaired) electrons. The highest BCUT2D eigenvalue weighted by Gasteiger charge is 1.99. The van der Waals surface area contributed by atoms with E-state index in [1.807, 2.05) is 13.8 Å². The molecule has 2 N–H and O–H groups in total. The van der Waals surface area contributed by atoms with Crippen molar-refractivity contribution in [3.05, 3.63) is 22.3 Å². The summed E-state index contributed by atoms with van der Waals surface area (Å²) in [6.45, 7) is 3.88. The van der Waals surface area contributed by atoms with E-state index in [0.29, 0.717) is 11.0 Å². The number of anilines is 1. The summed E-state index contributed by atoms with van der Waals surface area (Å²) >= 11 is 5.63. The third-order valence-electron chi connectivity index (χ3n) is 1.54. The molecule has 62 valence electrons. The first kappa shape index (κ1) is 10.5. The van der Waals surface area contributed by atoms with Crippen LogP contribution in [0.25, 0.3) is 0 Å². The number of hydrogen-bond donors (Lipinski definition) is 1. The number of nitrogen functional groups attached to an aromatic ring is 1. The van der Waals surface area contributed by atoms with Gasteiger partial charge in [0.15, 0.2) is 0 Å². The van der Waals surface area contributed by atoms with Gasteiger partial charge in [-0.3, -0.25) is 0 Å². The van der Waals surface area contributed by atoms with Gasteiger partial charge in [0.25, 0.3) is 0 Å². The lowest BCUT2D eigenvalue weighted by Gasteiger charge is -2.02. The zero-order valence-corrected chi connectivity index (χ0v) is 7.96. The molecular weight excluding hydrogens is 183 g/mol. The van der Waals surface area contributed by atoms with Gasteiger partial charge in [-0.05, 0) is 31.0 Å². The molecule has 0 bridgehead atoms. The molecule has 0 saturated carbocycles. The molecule has 0 aliphatic rings. The third-order valence-corrected chi connectivity index (χ3v) is 1.73. The summed E-state index contributed by atoms with van der Waals surface area (Å²) in [5, 5.41) is 0.459. The van der Waals surface area contributed by atoms with Crippen LogP contribution in [0.1, 0.15) is 11.1 Å². The Morgan fingerprint density at radius 1 is 1.45 bits per heavy atom. The van der Waals surface area contributed by atoms with Crippen LogP contribution in [-0.2, 0) is 0 Å². The highest BCUT2D eigenvalue weighted by Crippen LogP contribution is 2.16. The van der Waals surface area contributed by atoms with E-state index in [1.165, 1.54) is 0 Å². The number of halogens is 2. The molecule has 0 aliphatic carbocycles. The van der Waals surface area contributed by atoms with Crippen molar-refractivity contribution >= 4 is 29.8 Å². The molecule has 1 aromatic heterocycles. The van der Waals surface area contributed by atoms with Crippen LogP contribution in [0.2, 0.25) is 5.15 Å². The van der Waals surface area contributed by atoms with Crippen molar-refractivity contribution in [1.29, 1.82) is 0 Å². The minimum atomic E-state index is 0. The second-order valence-corrected chi connectivity index (χ2v) is 2.66. The summed E-state index contributed by atoms with van der Waals surface area (Å²) in [5.41, 5.74) is 7.61. The van der Waals surface area contributed by atoms with E-state index in [2.05, 4.69) is 4.98 Å². The average molecular weight is 193 g/mol. The largest absolute Gasteiger partial charge is 0.383 e. The molecule has 11 heavy (non-hydrogen) atoms. The highest BCUT2D eigenvalue weighted by molar-refractivity contribution is 6.29. The molecule has 0 amide bonds. The predicted octanol–water partition coefficient (Wildman–Crippen LogP) is 2.36. The normalized spacial score (nSPS) is 9.00. The Hall–Kier alpha value is -0.470. The average Bonchev–Trinajstić information content (AvgIpc) is 1.82. The van der Waals surface area contributed by atoms with Gasteiger partial charge in [0.2, 0.25) is 0 Å². The highest BCUT2D eigenvalue weighted by atomic mass is 35.5. The quantitative estimate of drug-likeness (QED) is 0.642. The van der Waals surface area contributed by atoms with Crippen molar-refractivity contribution in [1.82, 2.24) is 4.98 Å². The van der Waals surface area contributed by atoms with E-state index in [1.54, 1.807) is 6.07 Å². The Labute approximate surface area is 77.2 Å². The minimum absolute atomic E-state index is 0. The molecule has 0 aromatic carbocycles. The van der Waals surface area contributed by atoms with Crippen LogP contribution in [-0.4, -0.2) is 4.98 Å². The molecular formula is C7H10Cl2N2. The van der Waals surface area contributed by atoms with Crippen molar-refractivity contribution in [3.8, 4) is 0 Å². The molecule has 1 heterocycles. The van der Waals surface area contributed by atoms with Crippen molar-refractivity contribution in [2.45, 2.75) is 13.8 Å². The predicted molar refractivity (Wildman–Crippen MR) is 50.4 cm³/mol. The number of nitrogens with two attached hydrogens (primary N) is 1. The number of aryl methyl sites for hydroxylation is 1. The summed E-state index contributed by atoms with van der Waals surface area (Å²) < 4.78 is 0. The number of pyridine rings is 1. The van der Waals surface area contributed by atoms with E-state index in [0.717, 1.165) is 11.1 Å². The lowest BCUT2D eigenvalue weighted by Crippen LogP contribution is -1.95. The van der Waals surface area contributed by atoms with Crippen molar-refractivity contribution in [2.24, 2.45) is 0 Å². The maximum absolute atomic E-state index is 5.63. The molecule has 0 saturated heterocycles. The summed E-state index contributed by atoms with van der Waals surface area (Å²) in [6, 6.07) is 1.80. The van der Waals surface area contributed by atoms with Crippen LogP contribution < -0.4 is 5.73 Å². The second kappa shape index (κ2) is 3.79. The Morgan fingerprint density at radius 3 is 2.45 bits per heavy atom. The molecule has 1 rings (SSSR count). The number of rotatable bonds is 0. The Morgan fingerprint density at radius 2 is 2.00 bits per heavy atom. The lowest BCUT2D eigenvalue weighted by atomic mass is 10.2. The molecule has 0 spiro atoms. The topological polar surface area (TPSA) is 38.9 Å². The smallest absolute Gasteiger partial charge is 0.131 e. The molecule has 2 nitrogen and oxygen atoms in total. The first-order valence-corrected chi connectivity index (χ1v) is 3.38. The molecule has 0 fully saturated rings. The zero-order valence-electron chi connectivity index (χ0n) is 6.39. The van der Waals surface area contributed by atoms with Crippen molar-refractivity contribution in [3.63, 3.8) is 0 Å². The summed E-state index contributed by atoms with van der Waals surface area (Å²) in [5.74, 6) is 0.519. The van der Waals surface area contributed by atoms with E-state index in [4.69, 9.17) is 17.3 Å². The maximum atomic E-state index is 5.63. The summed E-state index contributed by atoms with van der Waals surface area (Å²) in [4.78, 5) is 3.88. The van der Waals surface area contributed by atoms with Crippen molar-refractivity contribution in [2.75, 3.05) is 5.73 Å². The van der Waals surface area contributed by atoms with Gasteiger partial charge < -0.3 is 5.73 Å². The lowest BCUT2D eigenvalue weighted by molar-refractivity contribution is 1.23. The van der Waals surface area contributed by atoms with E-state index >= 15 is 0 Å². The van der Waals surface area contributed by atoms with Gasteiger partial charge in [-0.25, -0.2) is 4.98 Å². The van der Waals surface area contributed by atoms with Crippen LogP contribution in [0.15, 0.2) is 6.07 Å². The number of aromatic nitrogens is 1. The van der Waals surface area contributed by atoms with Crippen LogP contribution >= 0.6 is 24.0 Å². The first-order valence-electron chi connectivity index (χ1n) is 3.00. The zero-order chi connectivity index (χ0) is 7.72. The number of hydrogen-bond acceptors (Lipinski definition) is 2. The standard InChI is InChI=1S/C7H9ClN2.ClH/c1-4-3-6(8)10-7(9)5(4)2;/h3H,1-2H3,(H2,9,10);1H. The van der Waals surface area contributed by atoms with E-state index in [9.17, 15) is 0 Å².